The first kappa shape index (κ1) is 12.9. The van der Waals surface area contributed by atoms with E-state index >= 15 is 0 Å². The van der Waals surface area contributed by atoms with Gasteiger partial charge in [-0.05, 0) is 43.7 Å². The highest BCUT2D eigenvalue weighted by Crippen LogP contribution is 2.25. The van der Waals surface area contributed by atoms with Gasteiger partial charge in [0.15, 0.2) is 0 Å². The lowest BCUT2D eigenvalue weighted by atomic mass is 10.1. The number of aryl methyl sites for hydroxylation is 2. The molecule has 19 heavy (non-hydrogen) atoms. The maximum absolute atomic E-state index is 5.72. The van der Waals surface area contributed by atoms with Crippen molar-refractivity contribution in [3.8, 4) is 0 Å². The van der Waals surface area contributed by atoms with Crippen LogP contribution in [-0.2, 0) is 17.6 Å². The minimum Gasteiger partial charge on any atom is -0.377 e. The zero-order chi connectivity index (χ0) is 13.1. The predicted octanol–water partition coefficient (Wildman–Crippen LogP) is 1.51. The molecule has 0 bridgehead atoms. The molecule has 2 heterocycles. The highest BCUT2D eigenvalue weighted by atomic mass is 16.5. The monoisotopic (exact) mass is 261 g/mol. The second-order valence-electron chi connectivity index (χ2n) is 5.47. The van der Waals surface area contributed by atoms with Crippen molar-refractivity contribution >= 4 is 5.82 Å². The normalized spacial score (nSPS) is 19.7. The molecular formula is C15H23N3O. The van der Waals surface area contributed by atoms with Crippen LogP contribution in [0.3, 0.4) is 0 Å². The summed E-state index contributed by atoms with van der Waals surface area (Å²) in [6, 6.07) is 4.45. The third-order valence-corrected chi connectivity index (χ3v) is 4.15. The number of nitrogens with two attached hydrogens (primary N) is 1. The summed E-state index contributed by atoms with van der Waals surface area (Å²) in [5.74, 6) is 1.15. The van der Waals surface area contributed by atoms with E-state index in [2.05, 4.69) is 17.0 Å². The van der Waals surface area contributed by atoms with Crippen LogP contribution in [0.1, 0.15) is 30.5 Å². The van der Waals surface area contributed by atoms with Crippen LogP contribution in [0, 0.1) is 0 Å². The molecule has 104 valence electrons. The average Bonchev–Trinajstić information content (AvgIpc) is 2.93. The topological polar surface area (TPSA) is 51.4 Å². The zero-order valence-electron chi connectivity index (χ0n) is 11.5. The van der Waals surface area contributed by atoms with Gasteiger partial charge in [-0.1, -0.05) is 6.07 Å². The summed E-state index contributed by atoms with van der Waals surface area (Å²) in [5.41, 5.74) is 8.24. The number of pyridine rings is 1. The Morgan fingerprint density at radius 1 is 1.26 bits per heavy atom. The standard InChI is InChI=1S/C15H23N3O/c16-8-11-19-13-6-9-18(10-7-13)15-5-4-12-2-1-3-14(12)17-15/h4-5,13H,1-3,6-11,16H2. The third-order valence-electron chi connectivity index (χ3n) is 4.15. The van der Waals surface area contributed by atoms with E-state index in [0.717, 1.165) is 38.2 Å². The van der Waals surface area contributed by atoms with E-state index in [1.165, 1.54) is 24.1 Å². The maximum Gasteiger partial charge on any atom is 0.128 e. The van der Waals surface area contributed by atoms with E-state index < -0.39 is 0 Å². The molecule has 4 nitrogen and oxygen atoms in total. The fourth-order valence-electron chi connectivity index (χ4n) is 3.07. The minimum absolute atomic E-state index is 0.384. The number of piperidine rings is 1. The molecular weight excluding hydrogens is 238 g/mol. The van der Waals surface area contributed by atoms with Crippen LogP contribution in [0.15, 0.2) is 12.1 Å². The SMILES string of the molecule is NCCOC1CCN(c2ccc3c(n2)CCC3)CC1. The van der Waals surface area contributed by atoms with Crippen molar-refractivity contribution in [3.63, 3.8) is 0 Å². The Hall–Kier alpha value is -1.13. The minimum atomic E-state index is 0.384. The van der Waals surface area contributed by atoms with Gasteiger partial charge in [-0.2, -0.15) is 0 Å². The molecule has 0 unspecified atom stereocenters. The molecule has 0 amide bonds. The number of ether oxygens (including phenoxy) is 1. The van der Waals surface area contributed by atoms with Crippen LogP contribution in [0.5, 0.6) is 0 Å². The van der Waals surface area contributed by atoms with Crippen molar-refractivity contribution in [2.24, 2.45) is 5.73 Å². The second-order valence-corrected chi connectivity index (χ2v) is 5.47. The third kappa shape index (κ3) is 2.90. The van der Waals surface area contributed by atoms with Gasteiger partial charge in [0.2, 0.25) is 0 Å². The van der Waals surface area contributed by atoms with E-state index in [4.69, 9.17) is 15.5 Å². The van der Waals surface area contributed by atoms with Crippen molar-refractivity contribution in [2.45, 2.75) is 38.2 Å². The molecule has 1 aromatic rings. The average molecular weight is 261 g/mol. The largest absolute Gasteiger partial charge is 0.377 e. The highest BCUT2D eigenvalue weighted by Gasteiger charge is 2.21. The molecule has 4 heteroatoms. The Bertz CT molecular complexity index is 427. The molecule has 3 rings (SSSR count). The van der Waals surface area contributed by atoms with Gasteiger partial charge in [0.05, 0.1) is 12.7 Å². The van der Waals surface area contributed by atoms with E-state index in [9.17, 15) is 0 Å². The highest BCUT2D eigenvalue weighted by molar-refractivity contribution is 5.43. The molecule has 1 aromatic heterocycles. The Balaban J connectivity index is 1.59. The number of rotatable bonds is 4. The lowest BCUT2D eigenvalue weighted by Crippen LogP contribution is -2.38. The number of nitrogens with zero attached hydrogens (tertiary/aromatic N) is 2. The Labute approximate surface area is 115 Å². The van der Waals surface area contributed by atoms with Gasteiger partial charge in [0, 0.05) is 25.3 Å². The Morgan fingerprint density at radius 3 is 2.89 bits per heavy atom. The van der Waals surface area contributed by atoms with E-state index in [1.54, 1.807) is 0 Å². The summed E-state index contributed by atoms with van der Waals surface area (Å²) >= 11 is 0. The molecule has 2 aliphatic rings. The zero-order valence-corrected chi connectivity index (χ0v) is 11.5. The molecule has 0 atom stereocenters. The fourth-order valence-corrected chi connectivity index (χ4v) is 3.07. The summed E-state index contributed by atoms with van der Waals surface area (Å²) in [4.78, 5) is 7.22. The molecule has 1 saturated heterocycles. The van der Waals surface area contributed by atoms with Gasteiger partial charge >= 0.3 is 0 Å². The number of aromatic nitrogens is 1. The quantitative estimate of drug-likeness (QED) is 0.892. The Kier molecular flexibility index (Phi) is 3.99. The summed E-state index contributed by atoms with van der Waals surface area (Å²) in [6.45, 7) is 3.39. The van der Waals surface area contributed by atoms with E-state index in [0.29, 0.717) is 19.3 Å². The van der Waals surface area contributed by atoms with Crippen LogP contribution in [-0.4, -0.2) is 37.3 Å². The van der Waals surface area contributed by atoms with Gasteiger partial charge in [-0.3, -0.25) is 0 Å². The summed E-state index contributed by atoms with van der Waals surface area (Å²) in [7, 11) is 0. The fraction of sp³-hybridized carbons (Fsp3) is 0.667. The molecule has 0 saturated carbocycles. The molecule has 1 aliphatic carbocycles. The first-order chi connectivity index (χ1) is 9.36. The van der Waals surface area contributed by atoms with Gasteiger partial charge in [-0.15, -0.1) is 0 Å². The van der Waals surface area contributed by atoms with Crippen LogP contribution in [0.2, 0.25) is 0 Å². The number of fused-ring (bicyclic) bond motifs is 1. The second kappa shape index (κ2) is 5.88. The summed E-state index contributed by atoms with van der Waals surface area (Å²) < 4.78 is 5.72. The van der Waals surface area contributed by atoms with E-state index in [-0.39, 0.29) is 0 Å². The smallest absolute Gasteiger partial charge is 0.128 e. The first-order valence-electron chi connectivity index (χ1n) is 7.42. The van der Waals surface area contributed by atoms with Gasteiger partial charge in [0.1, 0.15) is 5.82 Å². The number of hydrogen-bond donors (Lipinski definition) is 1. The van der Waals surface area contributed by atoms with Crippen molar-refractivity contribution in [2.75, 3.05) is 31.1 Å². The van der Waals surface area contributed by atoms with Crippen LogP contribution >= 0.6 is 0 Å². The maximum atomic E-state index is 5.72. The predicted molar refractivity (Wildman–Crippen MR) is 76.5 cm³/mol. The van der Waals surface area contributed by atoms with Crippen LogP contribution in [0.4, 0.5) is 5.82 Å². The van der Waals surface area contributed by atoms with Gasteiger partial charge < -0.3 is 15.4 Å². The molecule has 0 radical (unpaired) electrons. The molecule has 0 spiro atoms. The first-order valence-corrected chi connectivity index (χ1v) is 7.42. The lowest BCUT2D eigenvalue weighted by Gasteiger charge is -2.32. The van der Waals surface area contributed by atoms with E-state index in [1.807, 2.05) is 0 Å². The lowest BCUT2D eigenvalue weighted by molar-refractivity contribution is 0.0421. The summed E-state index contributed by atoms with van der Waals surface area (Å²) in [5, 5.41) is 0. The van der Waals surface area contributed by atoms with Crippen molar-refractivity contribution < 1.29 is 4.74 Å². The molecule has 1 aliphatic heterocycles. The van der Waals surface area contributed by atoms with Crippen molar-refractivity contribution in [1.29, 1.82) is 0 Å². The summed E-state index contributed by atoms with van der Waals surface area (Å²) in [6.07, 6.45) is 6.17. The van der Waals surface area contributed by atoms with Crippen LogP contribution in [0.25, 0.3) is 0 Å². The molecule has 2 N–H and O–H groups in total. The number of hydrogen-bond acceptors (Lipinski definition) is 4. The molecule has 1 fully saturated rings. The number of anilines is 1. The van der Waals surface area contributed by atoms with Gasteiger partial charge in [-0.25, -0.2) is 4.98 Å². The van der Waals surface area contributed by atoms with Gasteiger partial charge in [0.25, 0.3) is 0 Å². The van der Waals surface area contributed by atoms with Crippen molar-refractivity contribution in [1.82, 2.24) is 4.98 Å². The molecule has 0 aromatic carbocycles. The van der Waals surface area contributed by atoms with Crippen LogP contribution < -0.4 is 10.6 Å². The Morgan fingerprint density at radius 2 is 2.11 bits per heavy atom. The van der Waals surface area contributed by atoms with Crippen molar-refractivity contribution in [3.05, 3.63) is 23.4 Å².